The molecule has 4 heteroatoms. The van der Waals surface area contributed by atoms with Gasteiger partial charge in [0.25, 0.3) is 0 Å². The predicted molar refractivity (Wildman–Crippen MR) is 83.5 cm³/mol. The topological polar surface area (TPSA) is 58.2 Å². The first kappa shape index (κ1) is 18.9. The summed E-state index contributed by atoms with van der Waals surface area (Å²) in [6.45, 7) is 5.75. The Morgan fingerprint density at radius 1 is 0.650 bits per heavy atom. The molecule has 0 aromatic carbocycles. The summed E-state index contributed by atoms with van der Waals surface area (Å²) in [5.41, 5.74) is 0. The first-order chi connectivity index (χ1) is 9.70. The Morgan fingerprint density at radius 3 is 1.40 bits per heavy atom. The first-order valence-corrected chi connectivity index (χ1v) is 8.24. The normalized spacial score (nSPS) is 10.3. The van der Waals surface area contributed by atoms with Crippen molar-refractivity contribution in [2.45, 2.75) is 78.1 Å². The van der Waals surface area contributed by atoms with Crippen LogP contribution in [0.3, 0.4) is 0 Å². The number of carbonyl (C=O) groups is 2. The second kappa shape index (κ2) is 14.4. The average Bonchev–Trinajstić information content (AvgIpc) is 2.45. The van der Waals surface area contributed by atoms with Crippen molar-refractivity contribution in [2.24, 2.45) is 0 Å². The van der Waals surface area contributed by atoms with Crippen molar-refractivity contribution in [3.05, 3.63) is 0 Å². The second-order valence-electron chi connectivity index (χ2n) is 5.32. The Labute approximate surface area is 124 Å². The van der Waals surface area contributed by atoms with E-state index in [2.05, 4.69) is 24.5 Å². The maximum absolute atomic E-state index is 11.3. The van der Waals surface area contributed by atoms with E-state index in [-0.39, 0.29) is 11.8 Å². The molecule has 0 spiro atoms. The summed E-state index contributed by atoms with van der Waals surface area (Å²) in [6.07, 6.45) is 9.67. The predicted octanol–water partition coefficient (Wildman–Crippen LogP) is 3.16. The van der Waals surface area contributed by atoms with Crippen LogP contribution in [0.4, 0.5) is 0 Å². The molecule has 0 aliphatic rings. The summed E-state index contributed by atoms with van der Waals surface area (Å²) in [7, 11) is 0. The van der Waals surface area contributed by atoms with Crippen molar-refractivity contribution in [2.75, 3.05) is 13.1 Å². The summed E-state index contributed by atoms with van der Waals surface area (Å²) in [5, 5.41) is 5.88. The zero-order valence-corrected chi connectivity index (χ0v) is 13.3. The van der Waals surface area contributed by atoms with E-state index in [0.717, 1.165) is 64.5 Å². The molecule has 118 valence electrons. The van der Waals surface area contributed by atoms with Gasteiger partial charge in [-0.25, -0.2) is 0 Å². The van der Waals surface area contributed by atoms with Crippen molar-refractivity contribution in [1.82, 2.24) is 10.6 Å². The van der Waals surface area contributed by atoms with E-state index in [0.29, 0.717) is 12.8 Å². The molecule has 0 radical (unpaired) electrons. The quantitative estimate of drug-likeness (QED) is 0.510. The van der Waals surface area contributed by atoms with Gasteiger partial charge >= 0.3 is 0 Å². The molecule has 0 aliphatic carbocycles. The van der Waals surface area contributed by atoms with E-state index < -0.39 is 0 Å². The van der Waals surface area contributed by atoms with E-state index in [9.17, 15) is 9.59 Å². The van der Waals surface area contributed by atoms with Crippen LogP contribution in [0.25, 0.3) is 0 Å². The zero-order chi connectivity index (χ0) is 15.1. The second-order valence-corrected chi connectivity index (χ2v) is 5.32. The molecule has 2 N–H and O–H groups in total. The molecule has 0 bridgehead atoms. The third kappa shape index (κ3) is 13.4. The van der Waals surface area contributed by atoms with Gasteiger partial charge in [0.1, 0.15) is 0 Å². The number of hydrogen-bond acceptors (Lipinski definition) is 2. The molecule has 0 saturated heterocycles. The molecule has 0 fully saturated rings. The Balaban J connectivity index is 3.20. The first-order valence-electron chi connectivity index (χ1n) is 8.24. The highest BCUT2D eigenvalue weighted by Crippen LogP contribution is 1.99. The molecule has 2 amide bonds. The van der Waals surface area contributed by atoms with Gasteiger partial charge in [0.05, 0.1) is 0 Å². The lowest BCUT2D eigenvalue weighted by molar-refractivity contribution is -0.122. The van der Waals surface area contributed by atoms with E-state index >= 15 is 0 Å². The average molecular weight is 284 g/mol. The van der Waals surface area contributed by atoms with Gasteiger partial charge in [0, 0.05) is 25.9 Å². The van der Waals surface area contributed by atoms with E-state index in [1.165, 1.54) is 0 Å². The number of nitrogens with one attached hydrogen (secondary N) is 2. The molecular formula is C16H32N2O2. The molecule has 4 nitrogen and oxygen atoms in total. The number of amides is 2. The van der Waals surface area contributed by atoms with Gasteiger partial charge in [-0.3, -0.25) is 9.59 Å². The summed E-state index contributed by atoms with van der Waals surface area (Å²) in [5.74, 6) is 0.352. The molecule has 0 atom stereocenters. The van der Waals surface area contributed by atoms with Crippen LogP contribution in [-0.2, 0) is 9.59 Å². The van der Waals surface area contributed by atoms with Crippen molar-refractivity contribution in [3.8, 4) is 0 Å². The molecule has 0 aromatic rings. The Bertz CT molecular complexity index is 229. The number of rotatable bonds is 13. The third-order valence-corrected chi connectivity index (χ3v) is 3.26. The molecule has 0 rings (SSSR count). The van der Waals surface area contributed by atoms with Gasteiger partial charge in [-0.1, -0.05) is 39.5 Å². The summed E-state index contributed by atoms with van der Waals surface area (Å²) in [4.78, 5) is 22.7. The van der Waals surface area contributed by atoms with Crippen LogP contribution in [0.2, 0.25) is 0 Å². The highest BCUT2D eigenvalue weighted by molar-refractivity contribution is 5.76. The SMILES string of the molecule is CCCCC(=O)NCCCCCCNC(=O)CCCC. The lowest BCUT2D eigenvalue weighted by Gasteiger charge is -2.06. The van der Waals surface area contributed by atoms with Gasteiger partial charge in [-0.2, -0.15) is 0 Å². The van der Waals surface area contributed by atoms with Gasteiger partial charge < -0.3 is 10.6 Å². The molecule has 0 unspecified atom stereocenters. The van der Waals surface area contributed by atoms with Crippen LogP contribution < -0.4 is 10.6 Å². The van der Waals surface area contributed by atoms with Crippen LogP contribution in [0.5, 0.6) is 0 Å². The third-order valence-electron chi connectivity index (χ3n) is 3.26. The largest absolute Gasteiger partial charge is 0.356 e. The lowest BCUT2D eigenvalue weighted by Crippen LogP contribution is -2.24. The molecule has 0 saturated carbocycles. The highest BCUT2D eigenvalue weighted by Gasteiger charge is 2.00. The lowest BCUT2D eigenvalue weighted by atomic mass is 10.2. The van der Waals surface area contributed by atoms with Crippen LogP contribution in [0.15, 0.2) is 0 Å². The van der Waals surface area contributed by atoms with Crippen LogP contribution in [0.1, 0.15) is 78.1 Å². The highest BCUT2D eigenvalue weighted by atomic mass is 16.2. The summed E-state index contributed by atoms with van der Waals surface area (Å²) >= 11 is 0. The molecular weight excluding hydrogens is 252 g/mol. The zero-order valence-electron chi connectivity index (χ0n) is 13.3. The van der Waals surface area contributed by atoms with Gasteiger partial charge in [-0.15, -0.1) is 0 Å². The molecule has 20 heavy (non-hydrogen) atoms. The van der Waals surface area contributed by atoms with E-state index in [1.807, 2.05) is 0 Å². The molecule has 0 aliphatic heterocycles. The molecule has 0 aromatic heterocycles. The van der Waals surface area contributed by atoms with Gasteiger partial charge in [0.2, 0.25) is 11.8 Å². The minimum absolute atomic E-state index is 0.176. The maximum Gasteiger partial charge on any atom is 0.219 e. The van der Waals surface area contributed by atoms with E-state index in [4.69, 9.17) is 0 Å². The number of carbonyl (C=O) groups excluding carboxylic acids is 2. The Hall–Kier alpha value is -1.06. The van der Waals surface area contributed by atoms with Crippen molar-refractivity contribution in [1.29, 1.82) is 0 Å². The van der Waals surface area contributed by atoms with Crippen LogP contribution in [-0.4, -0.2) is 24.9 Å². The standard InChI is InChI=1S/C16H32N2O2/c1-3-5-11-15(19)17-13-9-7-8-10-14-18-16(20)12-6-4-2/h3-14H2,1-2H3,(H,17,19)(H,18,20). The van der Waals surface area contributed by atoms with Crippen molar-refractivity contribution < 1.29 is 9.59 Å². The molecule has 0 heterocycles. The fourth-order valence-electron chi connectivity index (χ4n) is 1.91. The Morgan fingerprint density at radius 2 is 1.05 bits per heavy atom. The minimum Gasteiger partial charge on any atom is -0.356 e. The van der Waals surface area contributed by atoms with E-state index in [1.54, 1.807) is 0 Å². The fourth-order valence-corrected chi connectivity index (χ4v) is 1.91. The van der Waals surface area contributed by atoms with Crippen LogP contribution in [0, 0.1) is 0 Å². The smallest absolute Gasteiger partial charge is 0.219 e. The number of hydrogen-bond donors (Lipinski definition) is 2. The number of unbranched alkanes of at least 4 members (excludes halogenated alkanes) is 5. The Kier molecular flexibility index (Phi) is 13.6. The monoisotopic (exact) mass is 284 g/mol. The van der Waals surface area contributed by atoms with Gasteiger partial charge in [-0.05, 0) is 25.7 Å². The van der Waals surface area contributed by atoms with Gasteiger partial charge in [0.15, 0.2) is 0 Å². The fraction of sp³-hybridized carbons (Fsp3) is 0.875. The van der Waals surface area contributed by atoms with Crippen LogP contribution >= 0.6 is 0 Å². The van der Waals surface area contributed by atoms with Crippen molar-refractivity contribution in [3.63, 3.8) is 0 Å². The minimum atomic E-state index is 0.176. The summed E-state index contributed by atoms with van der Waals surface area (Å²) in [6, 6.07) is 0. The maximum atomic E-state index is 11.3. The van der Waals surface area contributed by atoms with Crippen molar-refractivity contribution >= 4 is 11.8 Å². The summed E-state index contributed by atoms with van der Waals surface area (Å²) < 4.78 is 0.